The number of aryl methyl sites for hydroxylation is 1. The van der Waals surface area contributed by atoms with E-state index in [4.69, 9.17) is 26.2 Å². The van der Waals surface area contributed by atoms with Crippen molar-refractivity contribution in [2.45, 2.75) is 25.2 Å². The SMILES string of the molecule is CCc1sc(C(=O)Oc2ccc(OC)c(Cl)c2)c(-c2ccc(S(N)(=O)=O)cc2)c1C. The number of benzene rings is 2. The Morgan fingerprint density at radius 1 is 1.17 bits per heavy atom. The molecule has 2 aromatic carbocycles. The van der Waals surface area contributed by atoms with Crippen LogP contribution in [0.4, 0.5) is 0 Å². The molecule has 0 saturated heterocycles. The first-order valence-electron chi connectivity index (χ1n) is 8.97. The summed E-state index contributed by atoms with van der Waals surface area (Å²) in [6.45, 7) is 3.93. The molecule has 0 atom stereocenters. The number of methoxy groups -OCH3 is 1. The van der Waals surface area contributed by atoms with Gasteiger partial charge in [0.2, 0.25) is 10.0 Å². The Balaban J connectivity index is 2.01. The van der Waals surface area contributed by atoms with Crippen LogP contribution in [0.25, 0.3) is 11.1 Å². The molecule has 1 heterocycles. The Hall–Kier alpha value is -2.39. The van der Waals surface area contributed by atoms with Crippen LogP contribution < -0.4 is 14.6 Å². The molecule has 1 aromatic heterocycles. The first-order valence-corrected chi connectivity index (χ1v) is 11.7. The molecule has 9 heteroatoms. The van der Waals surface area contributed by atoms with Crippen molar-refractivity contribution in [1.82, 2.24) is 0 Å². The van der Waals surface area contributed by atoms with E-state index >= 15 is 0 Å². The van der Waals surface area contributed by atoms with Crippen molar-refractivity contribution < 1.29 is 22.7 Å². The molecule has 0 fully saturated rings. The van der Waals surface area contributed by atoms with E-state index in [9.17, 15) is 13.2 Å². The van der Waals surface area contributed by atoms with Gasteiger partial charge in [0, 0.05) is 16.5 Å². The molecule has 30 heavy (non-hydrogen) atoms. The number of ether oxygens (including phenoxy) is 2. The van der Waals surface area contributed by atoms with Crippen molar-refractivity contribution in [1.29, 1.82) is 0 Å². The number of rotatable bonds is 6. The lowest BCUT2D eigenvalue weighted by Crippen LogP contribution is -2.12. The largest absolute Gasteiger partial charge is 0.495 e. The highest BCUT2D eigenvalue weighted by Crippen LogP contribution is 2.38. The van der Waals surface area contributed by atoms with Crippen LogP contribution in [0.15, 0.2) is 47.4 Å². The number of nitrogens with two attached hydrogens (primary N) is 1. The van der Waals surface area contributed by atoms with Crippen molar-refractivity contribution >= 4 is 38.9 Å². The Kier molecular flexibility index (Phi) is 6.52. The van der Waals surface area contributed by atoms with E-state index in [0.29, 0.717) is 32.5 Å². The Morgan fingerprint density at radius 3 is 2.37 bits per heavy atom. The third-order valence-corrected chi connectivity index (χ3v) is 7.20. The summed E-state index contributed by atoms with van der Waals surface area (Å²) in [6.07, 6.45) is 0.750. The third kappa shape index (κ3) is 4.52. The van der Waals surface area contributed by atoms with Gasteiger partial charge in [-0.15, -0.1) is 11.3 Å². The second kappa shape index (κ2) is 8.77. The van der Waals surface area contributed by atoms with Gasteiger partial charge in [-0.25, -0.2) is 18.4 Å². The molecular weight excluding hydrogens is 446 g/mol. The van der Waals surface area contributed by atoms with Gasteiger partial charge in [0.1, 0.15) is 16.4 Å². The molecule has 0 spiro atoms. The van der Waals surface area contributed by atoms with Crippen LogP contribution in [0.3, 0.4) is 0 Å². The summed E-state index contributed by atoms with van der Waals surface area (Å²) >= 11 is 7.47. The first kappa shape index (κ1) is 22.3. The summed E-state index contributed by atoms with van der Waals surface area (Å²) in [5.41, 5.74) is 2.36. The zero-order chi connectivity index (χ0) is 22.1. The predicted octanol–water partition coefficient (Wildman–Crippen LogP) is 4.81. The molecule has 2 N–H and O–H groups in total. The Bertz CT molecular complexity index is 1200. The molecule has 0 aliphatic heterocycles. The molecule has 0 radical (unpaired) electrons. The molecule has 6 nitrogen and oxygen atoms in total. The van der Waals surface area contributed by atoms with E-state index < -0.39 is 16.0 Å². The summed E-state index contributed by atoms with van der Waals surface area (Å²) in [4.78, 5) is 14.5. The van der Waals surface area contributed by atoms with E-state index in [1.54, 1.807) is 24.3 Å². The summed E-state index contributed by atoms with van der Waals surface area (Å²) in [5.74, 6) is 0.257. The molecule has 3 rings (SSSR count). The van der Waals surface area contributed by atoms with Gasteiger partial charge in [-0.2, -0.15) is 0 Å². The number of esters is 1. The minimum Gasteiger partial charge on any atom is -0.495 e. The number of hydrogen-bond donors (Lipinski definition) is 1. The van der Waals surface area contributed by atoms with Crippen molar-refractivity contribution in [3.8, 4) is 22.6 Å². The molecule has 0 unspecified atom stereocenters. The molecule has 0 saturated carbocycles. The van der Waals surface area contributed by atoms with Gasteiger partial charge in [0.15, 0.2) is 0 Å². The molecular formula is C21H20ClNO5S2. The van der Waals surface area contributed by atoms with Crippen LogP contribution in [0.1, 0.15) is 27.0 Å². The zero-order valence-corrected chi connectivity index (χ0v) is 19.0. The molecule has 0 amide bonds. The van der Waals surface area contributed by atoms with Crippen LogP contribution >= 0.6 is 22.9 Å². The fourth-order valence-electron chi connectivity index (χ4n) is 3.06. The number of sulfonamides is 1. The Morgan fingerprint density at radius 2 is 1.83 bits per heavy atom. The van der Waals surface area contributed by atoms with E-state index in [1.165, 1.54) is 36.6 Å². The monoisotopic (exact) mass is 465 g/mol. The summed E-state index contributed by atoms with van der Waals surface area (Å²) < 4.78 is 33.7. The number of carbonyl (C=O) groups is 1. The van der Waals surface area contributed by atoms with Crippen LogP contribution in [0.5, 0.6) is 11.5 Å². The van der Waals surface area contributed by atoms with Crippen molar-refractivity contribution in [2.75, 3.05) is 7.11 Å². The smallest absolute Gasteiger partial charge is 0.354 e. The maximum atomic E-state index is 13.0. The van der Waals surface area contributed by atoms with Gasteiger partial charge in [0.25, 0.3) is 0 Å². The van der Waals surface area contributed by atoms with Crippen molar-refractivity contribution in [2.24, 2.45) is 5.14 Å². The molecule has 3 aromatic rings. The van der Waals surface area contributed by atoms with Crippen molar-refractivity contribution in [3.05, 3.63) is 62.8 Å². The number of thiophene rings is 1. The van der Waals surface area contributed by atoms with Crippen molar-refractivity contribution in [3.63, 3.8) is 0 Å². The maximum Gasteiger partial charge on any atom is 0.354 e. The number of primary sulfonamides is 1. The number of hydrogen-bond acceptors (Lipinski definition) is 6. The normalized spacial score (nSPS) is 11.4. The van der Waals surface area contributed by atoms with Gasteiger partial charge in [-0.3, -0.25) is 0 Å². The van der Waals surface area contributed by atoms with E-state index in [-0.39, 0.29) is 4.90 Å². The lowest BCUT2D eigenvalue weighted by atomic mass is 10.0. The van der Waals surface area contributed by atoms with Crippen LogP contribution in [0.2, 0.25) is 5.02 Å². The second-order valence-corrected chi connectivity index (χ2v) is 9.54. The minimum absolute atomic E-state index is 0.00634. The highest BCUT2D eigenvalue weighted by atomic mass is 35.5. The third-order valence-electron chi connectivity index (χ3n) is 4.56. The lowest BCUT2D eigenvalue weighted by molar-refractivity contribution is 0.0740. The second-order valence-electron chi connectivity index (χ2n) is 6.46. The van der Waals surface area contributed by atoms with Crippen LogP contribution in [-0.2, 0) is 16.4 Å². The number of halogens is 1. The summed E-state index contributed by atoms with van der Waals surface area (Å²) in [5, 5.41) is 5.51. The van der Waals surface area contributed by atoms with Crippen LogP contribution in [-0.4, -0.2) is 21.5 Å². The molecule has 0 aliphatic carbocycles. The van der Waals surface area contributed by atoms with E-state index in [1.807, 2.05) is 13.8 Å². The van der Waals surface area contributed by atoms with Gasteiger partial charge in [0.05, 0.1) is 17.0 Å². The van der Waals surface area contributed by atoms with Gasteiger partial charge < -0.3 is 9.47 Å². The summed E-state index contributed by atoms with van der Waals surface area (Å²) in [6, 6.07) is 10.8. The van der Waals surface area contributed by atoms with Crippen LogP contribution in [0, 0.1) is 6.92 Å². The lowest BCUT2D eigenvalue weighted by Gasteiger charge is -2.09. The fraction of sp³-hybridized carbons (Fsp3) is 0.190. The average Bonchev–Trinajstić information content (AvgIpc) is 3.04. The maximum absolute atomic E-state index is 13.0. The number of carbonyl (C=O) groups excluding carboxylic acids is 1. The van der Waals surface area contributed by atoms with Gasteiger partial charge in [-0.05, 0) is 48.7 Å². The fourth-order valence-corrected chi connectivity index (χ4v) is 4.97. The molecule has 0 bridgehead atoms. The molecule has 0 aliphatic rings. The minimum atomic E-state index is -3.80. The standard InChI is InChI=1S/C21H20ClNO5S2/c1-4-18-12(2)19(13-5-8-15(9-6-13)30(23,25)26)20(29-18)21(24)28-14-7-10-17(27-3)16(22)11-14/h5-11H,4H2,1-3H3,(H2,23,25,26). The quantitative estimate of drug-likeness (QED) is 0.416. The van der Waals surface area contributed by atoms with E-state index in [0.717, 1.165) is 16.9 Å². The topological polar surface area (TPSA) is 95.7 Å². The molecule has 158 valence electrons. The predicted molar refractivity (Wildman–Crippen MR) is 118 cm³/mol. The highest BCUT2D eigenvalue weighted by molar-refractivity contribution is 7.89. The average molecular weight is 466 g/mol. The van der Waals surface area contributed by atoms with Gasteiger partial charge in [-0.1, -0.05) is 30.7 Å². The highest BCUT2D eigenvalue weighted by Gasteiger charge is 2.23. The zero-order valence-electron chi connectivity index (χ0n) is 16.6. The van der Waals surface area contributed by atoms with E-state index in [2.05, 4.69) is 0 Å². The Labute approximate surface area is 184 Å². The first-order chi connectivity index (χ1) is 14.2. The van der Waals surface area contributed by atoms with Gasteiger partial charge >= 0.3 is 5.97 Å². The summed E-state index contributed by atoms with van der Waals surface area (Å²) in [7, 11) is -2.30.